The molecule has 2 atom stereocenters. The van der Waals surface area contributed by atoms with Crippen molar-refractivity contribution in [2.24, 2.45) is 17.6 Å². The van der Waals surface area contributed by atoms with Gasteiger partial charge >= 0.3 is 0 Å². The average Bonchev–Trinajstić information content (AvgIpc) is 2.66. The molecule has 0 aromatic rings. The van der Waals surface area contributed by atoms with Gasteiger partial charge in [0.2, 0.25) is 0 Å². The second kappa shape index (κ2) is 6.26. The number of hydrogen-bond donors (Lipinski definition) is 1. The molecule has 2 N–H and O–H groups in total. The fourth-order valence-corrected chi connectivity index (χ4v) is 2.54. The molecule has 0 unspecified atom stereocenters. The molecule has 15 heavy (non-hydrogen) atoms. The van der Waals surface area contributed by atoms with E-state index >= 15 is 0 Å². The normalized spacial score (nSPS) is 21.5. The molecule has 0 radical (unpaired) electrons. The van der Waals surface area contributed by atoms with Crippen molar-refractivity contribution in [1.29, 1.82) is 0 Å². The van der Waals surface area contributed by atoms with Gasteiger partial charge in [-0.2, -0.15) is 0 Å². The van der Waals surface area contributed by atoms with Crippen molar-refractivity contribution in [2.75, 3.05) is 0 Å². The number of rotatable bonds is 6. The van der Waals surface area contributed by atoms with Gasteiger partial charge in [0.05, 0.1) is 6.04 Å². The molecule has 1 aliphatic rings. The predicted molar refractivity (Wildman–Crippen MR) is 63.6 cm³/mol. The van der Waals surface area contributed by atoms with Gasteiger partial charge in [0, 0.05) is 0 Å². The molecule has 1 saturated carbocycles. The number of Topliss-reactive ketones (excluding diaryl/α,β-unsaturated/α-hetero) is 1. The topological polar surface area (TPSA) is 43.1 Å². The molecule has 0 spiro atoms. The maximum atomic E-state index is 11.0. The third-order valence-corrected chi connectivity index (χ3v) is 3.72. The first-order valence-corrected chi connectivity index (χ1v) is 6.35. The Hall–Kier alpha value is -0.370. The first-order chi connectivity index (χ1) is 7.09. The van der Waals surface area contributed by atoms with E-state index in [2.05, 4.69) is 6.92 Å². The summed E-state index contributed by atoms with van der Waals surface area (Å²) in [5, 5.41) is 0. The van der Waals surface area contributed by atoms with Crippen LogP contribution in [0.25, 0.3) is 0 Å². The minimum Gasteiger partial charge on any atom is -0.322 e. The van der Waals surface area contributed by atoms with Crippen molar-refractivity contribution < 1.29 is 4.79 Å². The Morgan fingerprint density at radius 3 is 2.53 bits per heavy atom. The highest BCUT2D eigenvalue weighted by Gasteiger charge is 2.17. The second-order valence-corrected chi connectivity index (χ2v) is 5.29. The zero-order valence-electron chi connectivity index (χ0n) is 10.2. The molecule has 0 aromatic heterocycles. The van der Waals surface area contributed by atoms with E-state index < -0.39 is 0 Å². The third-order valence-electron chi connectivity index (χ3n) is 3.72. The van der Waals surface area contributed by atoms with E-state index in [-0.39, 0.29) is 11.8 Å². The molecule has 0 heterocycles. The van der Waals surface area contributed by atoms with Crippen molar-refractivity contribution in [3.05, 3.63) is 0 Å². The lowest BCUT2D eigenvalue weighted by Crippen LogP contribution is -2.30. The zero-order valence-corrected chi connectivity index (χ0v) is 10.2. The van der Waals surface area contributed by atoms with Gasteiger partial charge in [0.15, 0.2) is 0 Å². The van der Waals surface area contributed by atoms with E-state index in [1.165, 1.54) is 38.5 Å². The van der Waals surface area contributed by atoms with Crippen LogP contribution in [0.1, 0.15) is 58.8 Å². The standard InChI is InChI=1S/C13H25NO/c1-10(9-13(14)11(2)15)7-8-12-5-3-4-6-12/h10,12-13H,3-9,14H2,1-2H3/t10-,13-/m0/s1. The summed E-state index contributed by atoms with van der Waals surface area (Å²) in [6, 6.07) is -0.233. The van der Waals surface area contributed by atoms with Gasteiger partial charge in [0.1, 0.15) is 5.78 Å². The Bertz CT molecular complexity index is 197. The number of hydrogen-bond acceptors (Lipinski definition) is 2. The van der Waals surface area contributed by atoms with Crippen LogP contribution >= 0.6 is 0 Å². The molecular formula is C13H25NO. The van der Waals surface area contributed by atoms with E-state index in [0.717, 1.165) is 12.3 Å². The van der Waals surface area contributed by atoms with Crippen molar-refractivity contribution in [3.63, 3.8) is 0 Å². The van der Waals surface area contributed by atoms with Crippen molar-refractivity contribution in [1.82, 2.24) is 0 Å². The molecular weight excluding hydrogens is 186 g/mol. The molecule has 88 valence electrons. The molecule has 1 rings (SSSR count). The Labute approximate surface area is 93.6 Å². The van der Waals surface area contributed by atoms with E-state index in [0.29, 0.717) is 5.92 Å². The summed E-state index contributed by atoms with van der Waals surface area (Å²) in [4.78, 5) is 11.0. The zero-order chi connectivity index (χ0) is 11.3. The highest BCUT2D eigenvalue weighted by Crippen LogP contribution is 2.30. The Balaban J connectivity index is 2.12. The number of nitrogens with two attached hydrogens (primary N) is 1. The maximum Gasteiger partial charge on any atom is 0.146 e. The van der Waals surface area contributed by atoms with Gasteiger partial charge in [-0.3, -0.25) is 4.79 Å². The molecule has 0 aromatic carbocycles. The van der Waals surface area contributed by atoms with Gasteiger partial charge < -0.3 is 5.73 Å². The summed E-state index contributed by atoms with van der Waals surface area (Å²) >= 11 is 0. The summed E-state index contributed by atoms with van der Waals surface area (Å²) in [6.07, 6.45) is 9.13. The summed E-state index contributed by atoms with van der Waals surface area (Å²) in [7, 11) is 0. The molecule has 2 heteroatoms. The number of carbonyl (C=O) groups excluding carboxylic acids is 1. The summed E-state index contributed by atoms with van der Waals surface area (Å²) in [5.41, 5.74) is 5.75. The molecule has 1 fully saturated rings. The Morgan fingerprint density at radius 2 is 2.00 bits per heavy atom. The van der Waals surface area contributed by atoms with E-state index in [4.69, 9.17) is 5.73 Å². The molecule has 0 amide bonds. The smallest absolute Gasteiger partial charge is 0.146 e. The van der Waals surface area contributed by atoms with E-state index in [1.54, 1.807) is 6.92 Å². The van der Waals surface area contributed by atoms with Gasteiger partial charge in [0.25, 0.3) is 0 Å². The summed E-state index contributed by atoms with van der Waals surface area (Å²) < 4.78 is 0. The van der Waals surface area contributed by atoms with Crippen LogP contribution in [-0.2, 0) is 4.79 Å². The highest BCUT2D eigenvalue weighted by atomic mass is 16.1. The van der Waals surface area contributed by atoms with Gasteiger partial charge in [-0.1, -0.05) is 45.4 Å². The van der Waals surface area contributed by atoms with Crippen LogP contribution < -0.4 is 5.73 Å². The molecule has 1 aliphatic carbocycles. The van der Waals surface area contributed by atoms with Crippen LogP contribution in [-0.4, -0.2) is 11.8 Å². The first kappa shape index (κ1) is 12.7. The fourth-order valence-electron chi connectivity index (χ4n) is 2.54. The van der Waals surface area contributed by atoms with Gasteiger partial charge in [-0.25, -0.2) is 0 Å². The molecule has 0 saturated heterocycles. The maximum absolute atomic E-state index is 11.0. The largest absolute Gasteiger partial charge is 0.322 e. The molecule has 0 aliphatic heterocycles. The summed E-state index contributed by atoms with van der Waals surface area (Å²) in [6.45, 7) is 3.81. The quantitative estimate of drug-likeness (QED) is 0.734. The fraction of sp³-hybridized carbons (Fsp3) is 0.923. The minimum atomic E-state index is -0.233. The third kappa shape index (κ3) is 4.78. The van der Waals surface area contributed by atoms with Gasteiger partial charge in [-0.05, 0) is 25.2 Å². The predicted octanol–water partition coefficient (Wildman–Crippen LogP) is 2.90. The SMILES string of the molecule is CC(=O)[C@@H](N)C[C@@H](C)CCC1CCCC1. The lowest BCUT2D eigenvalue weighted by atomic mass is 9.91. The van der Waals surface area contributed by atoms with E-state index in [1.807, 2.05) is 0 Å². The van der Waals surface area contributed by atoms with Crippen molar-refractivity contribution in [3.8, 4) is 0 Å². The van der Waals surface area contributed by atoms with Crippen LogP contribution in [0.2, 0.25) is 0 Å². The number of carbonyl (C=O) groups is 1. The first-order valence-electron chi connectivity index (χ1n) is 6.35. The minimum absolute atomic E-state index is 0.128. The monoisotopic (exact) mass is 211 g/mol. The highest BCUT2D eigenvalue weighted by molar-refractivity contribution is 5.81. The summed E-state index contributed by atoms with van der Waals surface area (Å²) in [5.74, 6) is 1.69. The Morgan fingerprint density at radius 1 is 1.40 bits per heavy atom. The second-order valence-electron chi connectivity index (χ2n) is 5.29. The van der Waals surface area contributed by atoms with Crippen molar-refractivity contribution in [2.45, 2.75) is 64.8 Å². The average molecular weight is 211 g/mol. The Kier molecular flexibility index (Phi) is 5.30. The number of ketones is 1. The van der Waals surface area contributed by atoms with Crippen LogP contribution in [0, 0.1) is 11.8 Å². The van der Waals surface area contributed by atoms with Crippen LogP contribution in [0.15, 0.2) is 0 Å². The van der Waals surface area contributed by atoms with E-state index in [9.17, 15) is 4.79 Å². The molecule has 0 bridgehead atoms. The van der Waals surface area contributed by atoms with Crippen LogP contribution in [0.4, 0.5) is 0 Å². The van der Waals surface area contributed by atoms with Crippen molar-refractivity contribution >= 4 is 5.78 Å². The van der Waals surface area contributed by atoms with Gasteiger partial charge in [-0.15, -0.1) is 0 Å². The molecule has 2 nitrogen and oxygen atoms in total. The van der Waals surface area contributed by atoms with Crippen LogP contribution in [0.3, 0.4) is 0 Å². The lowest BCUT2D eigenvalue weighted by Gasteiger charge is -2.17. The lowest BCUT2D eigenvalue weighted by molar-refractivity contribution is -0.118. The van der Waals surface area contributed by atoms with Crippen LogP contribution in [0.5, 0.6) is 0 Å².